The van der Waals surface area contributed by atoms with Gasteiger partial charge in [0.15, 0.2) is 0 Å². The van der Waals surface area contributed by atoms with E-state index in [4.69, 9.17) is 5.11 Å². The summed E-state index contributed by atoms with van der Waals surface area (Å²) in [5.41, 5.74) is 0.176. The van der Waals surface area contributed by atoms with Gasteiger partial charge in [-0.15, -0.1) is 0 Å². The van der Waals surface area contributed by atoms with Gasteiger partial charge in [-0.25, -0.2) is 4.79 Å². The van der Waals surface area contributed by atoms with Gasteiger partial charge in [0.25, 0.3) is 0 Å². The molecule has 0 aromatic heterocycles. The Morgan fingerprint density at radius 1 is 0.742 bits per heavy atom. The average molecular weight is 438 g/mol. The van der Waals surface area contributed by atoms with Crippen LogP contribution in [-0.4, -0.2) is 19.9 Å². The lowest BCUT2D eigenvalue weighted by Gasteiger charge is -2.16. The molecular weight excluding hydrogens is 396 g/mol. The van der Waals surface area contributed by atoms with E-state index in [1.54, 1.807) is 10.4 Å². The number of carboxylic acids is 1. The van der Waals surface area contributed by atoms with Crippen LogP contribution in [0.4, 0.5) is 0 Å². The lowest BCUT2D eigenvalue weighted by molar-refractivity contribution is -0.132. The first-order valence-electron chi connectivity index (χ1n) is 11.9. The fourth-order valence-electron chi connectivity index (χ4n) is 3.52. The first-order chi connectivity index (χ1) is 15.1. The van der Waals surface area contributed by atoms with Crippen LogP contribution in [0.25, 0.3) is 0 Å². The highest BCUT2D eigenvalue weighted by Crippen LogP contribution is 2.12. The van der Waals surface area contributed by atoms with Gasteiger partial charge in [0.1, 0.15) is 8.80 Å². The highest BCUT2D eigenvalue weighted by molar-refractivity contribution is 6.85. The lowest BCUT2D eigenvalue weighted by atomic mass is 10.1. The van der Waals surface area contributed by atoms with Crippen molar-refractivity contribution in [3.05, 3.63) is 72.8 Å². The molecule has 0 aliphatic heterocycles. The van der Waals surface area contributed by atoms with Crippen LogP contribution >= 0.6 is 0 Å². The van der Waals surface area contributed by atoms with Gasteiger partial charge in [-0.05, 0) is 6.92 Å². The van der Waals surface area contributed by atoms with Gasteiger partial charge in [-0.2, -0.15) is 0 Å². The van der Waals surface area contributed by atoms with Crippen LogP contribution in [0.5, 0.6) is 0 Å². The van der Waals surface area contributed by atoms with Crippen LogP contribution in [0.2, 0.25) is 6.04 Å². The van der Waals surface area contributed by atoms with E-state index in [2.05, 4.69) is 74.2 Å². The molecular formula is C28H41O2Si. The van der Waals surface area contributed by atoms with Crippen LogP contribution in [0, 0.1) is 0 Å². The smallest absolute Gasteiger partial charge is 0.330 e. The van der Waals surface area contributed by atoms with Crippen molar-refractivity contribution in [1.29, 1.82) is 0 Å². The molecule has 0 spiro atoms. The Hall–Kier alpha value is -2.13. The third-order valence-corrected chi connectivity index (χ3v) is 8.30. The predicted octanol–water partition coefficient (Wildman–Crippen LogP) is 6.86. The van der Waals surface area contributed by atoms with Crippen molar-refractivity contribution in [2.45, 2.75) is 84.1 Å². The molecule has 2 nitrogen and oxygen atoms in total. The second-order valence-electron chi connectivity index (χ2n) is 8.23. The van der Waals surface area contributed by atoms with Gasteiger partial charge in [0.2, 0.25) is 0 Å². The Morgan fingerprint density at radius 2 is 1.10 bits per heavy atom. The fraction of sp³-hybridized carbons (Fsp3) is 0.464. The molecule has 0 heterocycles. The van der Waals surface area contributed by atoms with Crippen molar-refractivity contribution in [3.8, 4) is 0 Å². The molecule has 2 rings (SSSR count). The number of carboxylic acid groups (broad SMARTS) is 1. The van der Waals surface area contributed by atoms with Gasteiger partial charge >= 0.3 is 5.97 Å². The molecule has 1 radical (unpaired) electrons. The minimum atomic E-state index is -0.935. The molecule has 169 valence electrons. The third-order valence-electron chi connectivity index (χ3n) is 5.39. The van der Waals surface area contributed by atoms with Gasteiger partial charge < -0.3 is 5.11 Å². The monoisotopic (exact) mass is 437 g/mol. The van der Waals surface area contributed by atoms with Crippen molar-refractivity contribution < 1.29 is 9.90 Å². The maximum atomic E-state index is 9.60. The minimum absolute atomic E-state index is 0.176. The summed E-state index contributed by atoms with van der Waals surface area (Å²) < 4.78 is 0. The summed E-state index contributed by atoms with van der Waals surface area (Å²) in [6.45, 7) is 6.89. The Bertz CT molecular complexity index is 661. The zero-order valence-corrected chi connectivity index (χ0v) is 20.6. The van der Waals surface area contributed by atoms with E-state index in [-0.39, 0.29) is 5.57 Å². The van der Waals surface area contributed by atoms with E-state index in [1.165, 1.54) is 77.2 Å². The van der Waals surface area contributed by atoms with Gasteiger partial charge in [0, 0.05) is 5.57 Å². The van der Waals surface area contributed by atoms with Crippen molar-refractivity contribution in [2.75, 3.05) is 0 Å². The number of hydrogen-bond donors (Lipinski definition) is 1. The van der Waals surface area contributed by atoms with Gasteiger partial charge in [-0.1, -0.05) is 155 Å². The minimum Gasteiger partial charge on any atom is -0.478 e. The van der Waals surface area contributed by atoms with Crippen molar-refractivity contribution in [3.63, 3.8) is 0 Å². The highest BCUT2D eigenvalue weighted by Gasteiger charge is 2.15. The number of unbranched alkanes of at least 4 members (excludes halogenated alkanes) is 9. The molecule has 0 bridgehead atoms. The Morgan fingerprint density at radius 3 is 1.45 bits per heavy atom. The molecule has 0 aliphatic carbocycles. The summed E-state index contributed by atoms with van der Waals surface area (Å²) in [6.07, 6.45) is 14.2. The molecule has 1 N–H and O–H groups in total. The van der Waals surface area contributed by atoms with Crippen molar-refractivity contribution in [2.24, 2.45) is 0 Å². The number of carbonyl (C=O) groups is 1. The highest BCUT2D eigenvalue weighted by atomic mass is 28.3. The zero-order chi connectivity index (χ0) is 22.7. The van der Waals surface area contributed by atoms with Crippen LogP contribution in [-0.2, 0) is 4.79 Å². The SMILES string of the molecule is C=C(C)C(=O)O.CCCCCCCCCCCC[Si](c1ccccc1)c1ccccc1. The molecule has 0 fully saturated rings. The molecule has 0 saturated carbocycles. The fourth-order valence-corrected chi connectivity index (χ4v) is 6.23. The Labute approximate surface area is 192 Å². The summed E-state index contributed by atoms with van der Waals surface area (Å²) in [4.78, 5) is 9.60. The van der Waals surface area contributed by atoms with E-state index in [0.717, 1.165) is 0 Å². The van der Waals surface area contributed by atoms with Crippen LogP contribution < -0.4 is 10.4 Å². The maximum absolute atomic E-state index is 9.60. The summed E-state index contributed by atoms with van der Waals surface area (Å²) in [7, 11) is -0.607. The van der Waals surface area contributed by atoms with Crippen LogP contribution in [0.3, 0.4) is 0 Å². The topological polar surface area (TPSA) is 37.3 Å². The lowest BCUT2D eigenvalue weighted by Crippen LogP contribution is -2.41. The summed E-state index contributed by atoms with van der Waals surface area (Å²) in [6, 6.07) is 23.7. The average Bonchev–Trinajstić information content (AvgIpc) is 2.79. The predicted molar refractivity (Wildman–Crippen MR) is 137 cm³/mol. The van der Waals surface area contributed by atoms with E-state index in [0.29, 0.717) is 0 Å². The third kappa shape index (κ3) is 13.0. The largest absolute Gasteiger partial charge is 0.478 e. The molecule has 0 saturated heterocycles. The Kier molecular flexibility index (Phi) is 15.2. The van der Waals surface area contributed by atoms with E-state index in [9.17, 15) is 4.79 Å². The summed E-state index contributed by atoms with van der Waals surface area (Å²) in [5, 5.41) is 11.0. The maximum Gasteiger partial charge on any atom is 0.330 e. The first kappa shape index (κ1) is 26.9. The number of benzene rings is 2. The molecule has 0 unspecified atom stereocenters. The van der Waals surface area contributed by atoms with Crippen LogP contribution in [0.15, 0.2) is 72.8 Å². The van der Waals surface area contributed by atoms with Crippen molar-refractivity contribution in [1.82, 2.24) is 0 Å². The standard InChI is InChI=1S/C24H35Si.C4H6O2/c1-2-3-4-5-6-7-8-9-10-17-22-25(23-18-13-11-14-19-23)24-20-15-12-16-21-24;1-3(2)4(5)6/h11-16,18-21H,2-10,17,22H2,1H3;1H2,2H3,(H,5,6). The first-order valence-corrected chi connectivity index (χ1v) is 13.6. The molecule has 0 amide bonds. The molecule has 31 heavy (non-hydrogen) atoms. The molecule has 0 aliphatic rings. The second-order valence-corrected chi connectivity index (χ2v) is 10.8. The van der Waals surface area contributed by atoms with Crippen LogP contribution in [0.1, 0.15) is 78.1 Å². The van der Waals surface area contributed by atoms with E-state index in [1.807, 2.05) is 0 Å². The molecule has 0 atom stereocenters. The van der Waals surface area contributed by atoms with Crippen molar-refractivity contribution >= 4 is 25.1 Å². The quantitative estimate of drug-likeness (QED) is 0.199. The summed E-state index contributed by atoms with van der Waals surface area (Å²) >= 11 is 0. The summed E-state index contributed by atoms with van der Waals surface area (Å²) in [5.74, 6) is -0.935. The number of aliphatic carboxylic acids is 1. The van der Waals surface area contributed by atoms with Gasteiger partial charge in [-0.3, -0.25) is 0 Å². The van der Waals surface area contributed by atoms with E-state index < -0.39 is 14.8 Å². The number of rotatable bonds is 14. The molecule has 2 aromatic rings. The Balaban J connectivity index is 0.000000703. The number of hydrogen-bond acceptors (Lipinski definition) is 1. The second kappa shape index (κ2) is 17.5. The van der Waals surface area contributed by atoms with E-state index >= 15 is 0 Å². The molecule has 2 aromatic carbocycles. The van der Waals surface area contributed by atoms with Gasteiger partial charge in [0.05, 0.1) is 0 Å². The normalized spacial score (nSPS) is 10.4. The molecule has 3 heteroatoms. The zero-order valence-electron chi connectivity index (χ0n) is 19.6.